The van der Waals surface area contributed by atoms with Crippen molar-refractivity contribution < 1.29 is 4.79 Å². The average molecular weight is 285 g/mol. The molecule has 1 saturated heterocycles. The number of aryl methyl sites for hydroxylation is 1. The first-order valence-electron chi connectivity index (χ1n) is 7.16. The number of carbonyl (C=O) groups is 1. The van der Waals surface area contributed by atoms with Crippen LogP contribution in [0, 0.1) is 6.92 Å². The number of likely N-dealkylation sites (tertiary alicyclic amines) is 1. The third kappa shape index (κ3) is 2.74. The number of carbonyl (C=O) groups excluding carboxylic acids is 1. The highest BCUT2D eigenvalue weighted by Crippen LogP contribution is 2.23. The molecule has 0 aromatic carbocycles. The van der Waals surface area contributed by atoms with Crippen molar-refractivity contribution in [2.24, 2.45) is 0 Å². The van der Waals surface area contributed by atoms with E-state index in [0.717, 1.165) is 31.5 Å². The van der Waals surface area contributed by atoms with Crippen LogP contribution in [0.2, 0.25) is 0 Å². The minimum Gasteiger partial charge on any atom is -0.382 e. The zero-order chi connectivity index (χ0) is 14.8. The van der Waals surface area contributed by atoms with E-state index in [2.05, 4.69) is 10.1 Å². The molecule has 0 bridgehead atoms. The Bertz CT molecular complexity index is 643. The maximum Gasteiger partial charge on any atom is 0.272 e. The predicted molar refractivity (Wildman–Crippen MR) is 79.8 cm³/mol. The Hall–Kier alpha value is -2.37. The average Bonchev–Trinajstić information content (AvgIpc) is 2.94. The zero-order valence-electron chi connectivity index (χ0n) is 12.1. The van der Waals surface area contributed by atoms with Gasteiger partial charge >= 0.3 is 0 Å². The maximum absolute atomic E-state index is 12.5. The van der Waals surface area contributed by atoms with Gasteiger partial charge in [-0.05, 0) is 37.5 Å². The number of aromatic nitrogens is 3. The third-order valence-electron chi connectivity index (χ3n) is 3.97. The molecule has 110 valence electrons. The monoisotopic (exact) mass is 285 g/mol. The molecule has 6 heteroatoms. The van der Waals surface area contributed by atoms with Crippen molar-refractivity contribution in [3.8, 4) is 0 Å². The number of hydrogen-bond donors (Lipinski definition) is 1. The Kier molecular flexibility index (Phi) is 3.60. The third-order valence-corrected chi connectivity index (χ3v) is 3.97. The van der Waals surface area contributed by atoms with Crippen LogP contribution in [-0.2, 0) is 0 Å². The molecule has 21 heavy (non-hydrogen) atoms. The number of piperidine rings is 1. The fraction of sp³-hybridized carbons (Fsp3) is 0.400. The summed E-state index contributed by atoms with van der Waals surface area (Å²) < 4.78 is 1.91. The highest BCUT2D eigenvalue weighted by atomic mass is 16.2. The minimum absolute atomic E-state index is 0.0199. The molecule has 0 spiro atoms. The van der Waals surface area contributed by atoms with Gasteiger partial charge in [-0.2, -0.15) is 5.10 Å². The second kappa shape index (κ2) is 5.55. The fourth-order valence-corrected chi connectivity index (χ4v) is 2.75. The number of nitrogens with zero attached hydrogens (tertiary/aromatic N) is 4. The molecule has 3 rings (SSSR count). The van der Waals surface area contributed by atoms with Crippen LogP contribution in [-0.4, -0.2) is 38.7 Å². The van der Waals surface area contributed by atoms with E-state index >= 15 is 0 Å². The normalized spacial score (nSPS) is 16.1. The van der Waals surface area contributed by atoms with E-state index in [9.17, 15) is 4.79 Å². The number of anilines is 1. The molecular formula is C15H19N5O. The summed E-state index contributed by atoms with van der Waals surface area (Å²) in [4.78, 5) is 18.6. The number of pyridine rings is 1. The van der Waals surface area contributed by atoms with E-state index < -0.39 is 0 Å². The number of nitrogens with two attached hydrogens (primary N) is 1. The summed E-state index contributed by atoms with van der Waals surface area (Å²) in [6.07, 6.45) is 5.34. The Morgan fingerprint density at radius 1 is 1.33 bits per heavy atom. The van der Waals surface area contributed by atoms with Gasteiger partial charge in [0.25, 0.3) is 5.91 Å². The Balaban J connectivity index is 1.66. The lowest BCUT2D eigenvalue weighted by Gasteiger charge is -2.32. The van der Waals surface area contributed by atoms with Crippen molar-refractivity contribution in [1.29, 1.82) is 0 Å². The summed E-state index contributed by atoms with van der Waals surface area (Å²) >= 11 is 0. The molecule has 0 atom stereocenters. The molecule has 2 aromatic heterocycles. The number of nitrogen functional groups attached to an aromatic ring is 1. The molecule has 0 aliphatic carbocycles. The van der Waals surface area contributed by atoms with Crippen LogP contribution in [0.4, 0.5) is 5.82 Å². The molecule has 1 amide bonds. The smallest absolute Gasteiger partial charge is 0.272 e. The summed E-state index contributed by atoms with van der Waals surface area (Å²) in [5.74, 6) is 0.559. The maximum atomic E-state index is 12.5. The minimum atomic E-state index is 0.0199. The van der Waals surface area contributed by atoms with Crippen molar-refractivity contribution in [2.75, 3.05) is 18.8 Å². The molecule has 2 N–H and O–H groups in total. The SMILES string of the molecule is Cc1cccnc1C(=O)N1CCC(n2ccc(N)n2)CC1. The van der Waals surface area contributed by atoms with Gasteiger partial charge in [-0.1, -0.05) is 6.07 Å². The van der Waals surface area contributed by atoms with Crippen molar-refractivity contribution in [1.82, 2.24) is 19.7 Å². The van der Waals surface area contributed by atoms with Crippen LogP contribution in [0.3, 0.4) is 0 Å². The molecule has 0 saturated carbocycles. The van der Waals surface area contributed by atoms with Gasteiger partial charge in [0.2, 0.25) is 0 Å². The van der Waals surface area contributed by atoms with Crippen molar-refractivity contribution in [3.63, 3.8) is 0 Å². The van der Waals surface area contributed by atoms with Crippen LogP contribution < -0.4 is 5.73 Å². The predicted octanol–water partition coefficient (Wildman–Crippen LogP) is 1.65. The van der Waals surface area contributed by atoms with Gasteiger partial charge in [-0.15, -0.1) is 0 Å². The second-order valence-electron chi connectivity index (χ2n) is 5.41. The lowest BCUT2D eigenvalue weighted by molar-refractivity contribution is 0.0683. The molecule has 2 aromatic rings. The van der Waals surface area contributed by atoms with E-state index in [4.69, 9.17) is 5.73 Å². The Morgan fingerprint density at radius 2 is 2.10 bits per heavy atom. The van der Waals surface area contributed by atoms with Crippen molar-refractivity contribution in [2.45, 2.75) is 25.8 Å². The number of rotatable bonds is 2. The molecule has 0 radical (unpaired) electrons. The Morgan fingerprint density at radius 3 is 2.71 bits per heavy atom. The first kappa shape index (κ1) is 13.6. The summed E-state index contributed by atoms with van der Waals surface area (Å²) in [6.45, 7) is 3.36. The lowest BCUT2D eigenvalue weighted by Crippen LogP contribution is -2.39. The number of amides is 1. The highest BCUT2D eigenvalue weighted by Gasteiger charge is 2.26. The van der Waals surface area contributed by atoms with Crippen LogP contribution in [0.1, 0.15) is 34.9 Å². The van der Waals surface area contributed by atoms with Gasteiger partial charge in [0.05, 0.1) is 6.04 Å². The first-order chi connectivity index (χ1) is 10.1. The quantitative estimate of drug-likeness (QED) is 0.910. The number of hydrogen-bond acceptors (Lipinski definition) is 4. The molecule has 0 unspecified atom stereocenters. The van der Waals surface area contributed by atoms with Crippen molar-refractivity contribution in [3.05, 3.63) is 41.9 Å². The fourth-order valence-electron chi connectivity index (χ4n) is 2.75. The standard InChI is InChI=1S/C15H19N5O/c1-11-3-2-7-17-14(11)15(21)19-8-4-12(5-9-19)20-10-6-13(16)18-20/h2-3,6-7,10,12H,4-5,8-9H2,1H3,(H2,16,18). The highest BCUT2D eigenvalue weighted by molar-refractivity contribution is 5.93. The van der Waals surface area contributed by atoms with Crippen molar-refractivity contribution >= 4 is 11.7 Å². The largest absolute Gasteiger partial charge is 0.382 e. The first-order valence-corrected chi connectivity index (χ1v) is 7.16. The van der Waals surface area contributed by atoms with E-state index in [-0.39, 0.29) is 5.91 Å². The molecule has 3 heterocycles. The van der Waals surface area contributed by atoms with E-state index in [1.165, 1.54) is 0 Å². The van der Waals surface area contributed by atoms with Crippen LogP contribution >= 0.6 is 0 Å². The summed E-state index contributed by atoms with van der Waals surface area (Å²) in [5, 5.41) is 4.26. The molecule has 6 nitrogen and oxygen atoms in total. The van der Waals surface area contributed by atoms with Gasteiger partial charge in [0.15, 0.2) is 0 Å². The summed E-state index contributed by atoms with van der Waals surface area (Å²) in [6, 6.07) is 5.88. The van der Waals surface area contributed by atoms with Crippen LogP contribution in [0.5, 0.6) is 0 Å². The van der Waals surface area contributed by atoms with Gasteiger partial charge in [-0.25, -0.2) is 0 Å². The zero-order valence-corrected chi connectivity index (χ0v) is 12.1. The van der Waals surface area contributed by atoms with Gasteiger partial charge in [0, 0.05) is 25.5 Å². The molecular weight excluding hydrogens is 266 g/mol. The van der Waals surface area contributed by atoms with E-state index in [0.29, 0.717) is 17.6 Å². The molecule has 1 aliphatic rings. The molecule has 1 fully saturated rings. The van der Waals surface area contributed by atoms with E-state index in [1.54, 1.807) is 12.3 Å². The van der Waals surface area contributed by atoms with Gasteiger partial charge in [0.1, 0.15) is 11.5 Å². The molecule has 1 aliphatic heterocycles. The van der Waals surface area contributed by atoms with Crippen LogP contribution in [0.15, 0.2) is 30.6 Å². The second-order valence-corrected chi connectivity index (χ2v) is 5.41. The topological polar surface area (TPSA) is 77.0 Å². The van der Waals surface area contributed by atoms with Crippen LogP contribution in [0.25, 0.3) is 0 Å². The van der Waals surface area contributed by atoms with Gasteiger partial charge in [-0.3, -0.25) is 14.5 Å². The van der Waals surface area contributed by atoms with Gasteiger partial charge < -0.3 is 10.6 Å². The summed E-state index contributed by atoms with van der Waals surface area (Å²) in [7, 11) is 0. The summed E-state index contributed by atoms with van der Waals surface area (Å²) in [5.41, 5.74) is 7.12. The lowest BCUT2D eigenvalue weighted by atomic mass is 10.0. The van der Waals surface area contributed by atoms with E-state index in [1.807, 2.05) is 34.8 Å². The Labute approximate surface area is 123 Å².